The van der Waals surface area contributed by atoms with Gasteiger partial charge in [0.1, 0.15) is 11.5 Å². The van der Waals surface area contributed by atoms with E-state index in [-0.39, 0.29) is 16.9 Å². The van der Waals surface area contributed by atoms with Crippen LogP contribution in [-0.4, -0.2) is 10.2 Å². The molecule has 0 spiro atoms. The van der Waals surface area contributed by atoms with Gasteiger partial charge in [-0.15, -0.1) is 0 Å². The Morgan fingerprint density at radius 3 is 1.38 bits per heavy atom. The van der Waals surface area contributed by atoms with Crippen molar-refractivity contribution < 1.29 is 10.2 Å². The Morgan fingerprint density at radius 2 is 1.10 bits per heavy atom. The molecule has 2 rings (SSSR count). The molecule has 21 heavy (non-hydrogen) atoms. The molecule has 0 bridgehead atoms. The zero-order chi connectivity index (χ0) is 15.9. The Hall–Kier alpha value is -1.00. The molecule has 0 unspecified atom stereocenters. The first kappa shape index (κ1) is 16.4. The van der Waals surface area contributed by atoms with Crippen LogP contribution in [0.25, 0.3) is 0 Å². The van der Waals surface area contributed by atoms with Gasteiger partial charge in [-0.3, -0.25) is 0 Å². The van der Waals surface area contributed by atoms with Crippen LogP contribution in [0.15, 0.2) is 33.2 Å². The van der Waals surface area contributed by atoms with Gasteiger partial charge < -0.3 is 10.2 Å². The number of phenolic OH excluding ortho intramolecular Hbond substituents is 2. The number of benzene rings is 2. The SMILES string of the molecule is Cc1cc(C(C)(C)c2cc(C)c(O)c(Br)c2)cc(Br)c1O. The first-order valence-electron chi connectivity index (χ1n) is 6.63. The summed E-state index contributed by atoms with van der Waals surface area (Å²) < 4.78 is 1.39. The summed E-state index contributed by atoms with van der Waals surface area (Å²) in [6.07, 6.45) is 0. The Bertz CT molecular complexity index is 600. The van der Waals surface area contributed by atoms with E-state index in [9.17, 15) is 10.2 Å². The minimum absolute atomic E-state index is 0.248. The van der Waals surface area contributed by atoms with Crippen molar-refractivity contribution in [3.63, 3.8) is 0 Å². The molecular formula is C17H18Br2O2. The Labute approximate surface area is 142 Å². The fourth-order valence-electron chi connectivity index (χ4n) is 2.36. The number of aromatic hydroxyl groups is 2. The summed E-state index contributed by atoms with van der Waals surface area (Å²) >= 11 is 6.81. The van der Waals surface area contributed by atoms with Gasteiger partial charge in [-0.05, 0) is 80.1 Å². The lowest BCUT2D eigenvalue weighted by Gasteiger charge is -2.28. The maximum Gasteiger partial charge on any atom is 0.132 e. The normalized spacial score (nSPS) is 11.7. The molecule has 112 valence electrons. The third kappa shape index (κ3) is 2.97. The number of hydrogen-bond acceptors (Lipinski definition) is 2. The Kier molecular flexibility index (Phi) is 4.41. The summed E-state index contributed by atoms with van der Waals surface area (Å²) in [7, 11) is 0. The lowest BCUT2D eigenvalue weighted by atomic mass is 9.77. The average molecular weight is 414 g/mol. The van der Waals surface area contributed by atoms with Gasteiger partial charge in [-0.25, -0.2) is 0 Å². The third-order valence-corrected chi connectivity index (χ3v) is 5.16. The van der Waals surface area contributed by atoms with E-state index >= 15 is 0 Å². The molecule has 0 atom stereocenters. The van der Waals surface area contributed by atoms with Gasteiger partial charge in [-0.2, -0.15) is 0 Å². The second-order valence-electron chi connectivity index (χ2n) is 5.87. The van der Waals surface area contributed by atoms with Crippen molar-refractivity contribution in [3.8, 4) is 11.5 Å². The lowest BCUT2D eigenvalue weighted by molar-refractivity contribution is 0.466. The van der Waals surface area contributed by atoms with Crippen molar-refractivity contribution in [2.45, 2.75) is 33.1 Å². The van der Waals surface area contributed by atoms with E-state index in [0.29, 0.717) is 8.95 Å². The summed E-state index contributed by atoms with van der Waals surface area (Å²) in [5.74, 6) is 0.551. The van der Waals surface area contributed by atoms with E-state index in [1.54, 1.807) is 0 Å². The Morgan fingerprint density at radius 1 is 0.762 bits per heavy atom. The summed E-state index contributed by atoms with van der Waals surface area (Å²) in [5.41, 5.74) is 3.62. The molecule has 0 aliphatic rings. The highest BCUT2D eigenvalue weighted by Crippen LogP contribution is 2.40. The monoisotopic (exact) mass is 412 g/mol. The maximum atomic E-state index is 9.90. The number of hydrogen-bond donors (Lipinski definition) is 2. The fourth-order valence-corrected chi connectivity index (χ4v) is 3.48. The van der Waals surface area contributed by atoms with E-state index in [2.05, 4.69) is 45.7 Å². The second-order valence-corrected chi connectivity index (χ2v) is 7.58. The van der Waals surface area contributed by atoms with Crippen LogP contribution in [0.2, 0.25) is 0 Å². The van der Waals surface area contributed by atoms with E-state index < -0.39 is 0 Å². The van der Waals surface area contributed by atoms with Crippen LogP contribution in [-0.2, 0) is 5.41 Å². The zero-order valence-electron chi connectivity index (χ0n) is 12.5. The first-order chi connectivity index (χ1) is 9.64. The minimum atomic E-state index is -0.248. The standard InChI is InChI=1S/C17H18Br2O2/c1-9-5-11(7-13(18)15(9)20)17(3,4)12-6-10(2)16(21)14(19)8-12/h5-8,20-21H,1-4H3. The van der Waals surface area contributed by atoms with E-state index in [1.165, 1.54) is 0 Å². The highest BCUT2D eigenvalue weighted by molar-refractivity contribution is 9.10. The van der Waals surface area contributed by atoms with Crippen LogP contribution in [0, 0.1) is 13.8 Å². The molecular weight excluding hydrogens is 396 g/mol. The first-order valence-corrected chi connectivity index (χ1v) is 8.22. The van der Waals surface area contributed by atoms with Crippen molar-refractivity contribution in [2.24, 2.45) is 0 Å². The van der Waals surface area contributed by atoms with Gasteiger partial charge in [0.25, 0.3) is 0 Å². The smallest absolute Gasteiger partial charge is 0.132 e. The van der Waals surface area contributed by atoms with Crippen molar-refractivity contribution >= 4 is 31.9 Å². The van der Waals surface area contributed by atoms with Gasteiger partial charge in [0, 0.05) is 5.41 Å². The molecule has 2 aromatic carbocycles. The topological polar surface area (TPSA) is 40.5 Å². The van der Waals surface area contributed by atoms with Gasteiger partial charge in [0.05, 0.1) is 8.95 Å². The van der Waals surface area contributed by atoms with E-state index in [1.807, 2.05) is 38.1 Å². The quantitative estimate of drug-likeness (QED) is 0.675. The maximum absolute atomic E-state index is 9.90. The third-order valence-electron chi connectivity index (χ3n) is 3.95. The van der Waals surface area contributed by atoms with Crippen molar-refractivity contribution in [3.05, 3.63) is 55.5 Å². The van der Waals surface area contributed by atoms with Gasteiger partial charge >= 0.3 is 0 Å². The molecule has 0 fully saturated rings. The van der Waals surface area contributed by atoms with Crippen molar-refractivity contribution in [1.82, 2.24) is 0 Å². The van der Waals surface area contributed by atoms with Crippen LogP contribution in [0.3, 0.4) is 0 Å². The Balaban J connectivity index is 2.61. The molecule has 2 aromatic rings. The summed E-state index contributed by atoms with van der Waals surface area (Å²) in [5, 5.41) is 19.8. The minimum Gasteiger partial charge on any atom is -0.506 e. The van der Waals surface area contributed by atoms with Crippen molar-refractivity contribution in [2.75, 3.05) is 0 Å². The molecule has 0 aliphatic heterocycles. The molecule has 2 nitrogen and oxygen atoms in total. The lowest BCUT2D eigenvalue weighted by Crippen LogP contribution is -2.19. The fraction of sp³-hybridized carbons (Fsp3) is 0.294. The molecule has 0 heterocycles. The van der Waals surface area contributed by atoms with Crippen LogP contribution in [0.1, 0.15) is 36.1 Å². The van der Waals surface area contributed by atoms with Gasteiger partial charge in [0.2, 0.25) is 0 Å². The van der Waals surface area contributed by atoms with Gasteiger partial charge in [0.15, 0.2) is 0 Å². The largest absolute Gasteiger partial charge is 0.506 e. The molecule has 0 amide bonds. The number of halogens is 2. The molecule has 0 saturated heterocycles. The highest BCUT2D eigenvalue weighted by atomic mass is 79.9. The summed E-state index contributed by atoms with van der Waals surface area (Å²) in [6.45, 7) is 8.03. The second kappa shape index (κ2) is 5.65. The summed E-state index contributed by atoms with van der Waals surface area (Å²) in [6, 6.07) is 7.88. The van der Waals surface area contributed by atoms with E-state index in [4.69, 9.17) is 0 Å². The number of aryl methyl sites for hydroxylation is 2. The molecule has 4 heteroatoms. The molecule has 0 aromatic heterocycles. The predicted molar refractivity (Wildman–Crippen MR) is 93.2 cm³/mol. The van der Waals surface area contributed by atoms with Crippen LogP contribution < -0.4 is 0 Å². The number of rotatable bonds is 2. The molecule has 2 N–H and O–H groups in total. The zero-order valence-corrected chi connectivity index (χ0v) is 15.6. The van der Waals surface area contributed by atoms with Crippen LogP contribution >= 0.6 is 31.9 Å². The van der Waals surface area contributed by atoms with E-state index in [0.717, 1.165) is 22.3 Å². The number of phenols is 2. The van der Waals surface area contributed by atoms with Crippen LogP contribution in [0.5, 0.6) is 11.5 Å². The predicted octanol–water partition coefficient (Wildman–Crippen LogP) is 5.57. The van der Waals surface area contributed by atoms with Crippen LogP contribution in [0.4, 0.5) is 0 Å². The van der Waals surface area contributed by atoms with Gasteiger partial charge in [-0.1, -0.05) is 26.0 Å². The highest BCUT2D eigenvalue weighted by Gasteiger charge is 2.26. The molecule has 0 saturated carbocycles. The summed E-state index contributed by atoms with van der Waals surface area (Å²) in [4.78, 5) is 0. The molecule has 0 radical (unpaired) electrons. The van der Waals surface area contributed by atoms with Crippen molar-refractivity contribution in [1.29, 1.82) is 0 Å². The molecule has 0 aliphatic carbocycles. The average Bonchev–Trinajstić information content (AvgIpc) is 2.40.